The number of benzene rings is 3. The van der Waals surface area contributed by atoms with Crippen LogP contribution < -0.4 is 5.32 Å². The van der Waals surface area contributed by atoms with E-state index in [2.05, 4.69) is 5.32 Å². The summed E-state index contributed by atoms with van der Waals surface area (Å²) in [6.45, 7) is 2.23. The average Bonchev–Trinajstić information content (AvgIpc) is 3.34. The van der Waals surface area contributed by atoms with Gasteiger partial charge in [0.2, 0.25) is 0 Å². The van der Waals surface area contributed by atoms with Gasteiger partial charge in [-0.25, -0.2) is 13.9 Å². The molecule has 0 bridgehead atoms. The van der Waals surface area contributed by atoms with Crippen LogP contribution >= 0.6 is 11.6 Å². The van der Waals surface area contributed by atoms with Crippen LogP contribution in [-0.4, -0.2) is 40.3 Å². The molecule has 1 aromatic heterocycles. The Morgan fingerprint density at radius 2 is 1.72 bits per heavy atom. The van der Waals surface area contributed by atoms with Gasteiger partial charge < -0.3 is 10.1 Å². The fourth-order valence-electron chi connectivity index (χ4n) is 4.63. The van der Waals surface area contributed by atoms with Crippen molar-refractivity contribution in [2.45, 2.75) is 19.5 Å². The van der Waals surface area contributed by atoms with Crippen molar-refractivity contribution in [3.63, 3.8) is 0 Å². The largest absolute Gasteiger partial charge is 0.453 e. The van der Waals surface area contributed by atoms with Crippen molar-refractivity contribution in [2.75, 3.05) is 13.7 Å². The molecule has 1 atom stereocenters. The zero-order valence-corrected chi connectivity index (χ0v) is 22.2. The summed E-state index contributed by atoms with van der Waals surface area (Å²) in [7, 11) is 1.31. The van der Waals surface area contributed by atoms with E-state index in [1.165, 1.54) is 24.1 Å². The molecule has 2 amide bonds. The van der Waals surface area contributed by atoms with Crippen LogP contribution in [0.3, 0.4) is 0 Å². The van der Waals surface area contributed by atoms with Gasteiger partial charge >= 0.3 is 6.09 Å². The van der Waals surface area contributed by atoms with Crippen LogP contribution in [0.5, 0.6) is 0 Å². The molecule has 5 rings (SSSR count). The van der Waals surface area contributed by atoms with Gasteiger partial charge in [-0.15, -0.1) is 0 Å². The number of rotatable bonds is 5. The molecule has 0 radical (unpaired) electrons. The minimum absolute atomic E-state index is 0.124. The highest BCUT2D eigenvalue weighted by Gasteiger charge is 2.34. The third-order valence-corrected chi connectivity index (χ3v) is 6.83. The monoisotopic (exact) mass is 544 g/mol. The maximum absolute atomic E-state index is 13.6. The minimum Gasteiger partial charge on any atom is -0.453 e. The Bertz CT molecular complexity index is 1530. The maximum atomic E-state index is 13.6. The number of nitrogens with one attached hydrogen (secondary N) is 1. The number of fused-ring (bicyclic) bond motifs is 1. The molecule has 0 aliphatic carbocycles. The fraction of sp³-hybridized carbons (Fsp3) is 0.167. The molecule has 3 aromatic carbocycles. The SMILES string of the molecule is COC(=O)N1C/C(=C\c2ccc(F)cc2)c2c(c(C(=O)NC(C)c3ccccc3)nn2-c2ccc(Cl)cc2)C1. The third kappa shape index (κ3) is 5.56. The predicted octanol–water partition coefficient (Wildman–Crippen LogP) is 6.28. The second kappa shape index (κ2) is 11.1. The first-order chi connectivity index (χ1) is 18.8. The molecule has 0 spiro atoms. The van der Waals surface area contributed by atoms with E-state index in [0.29, 0.717) is 27.5 Å². The number of halogens is 2. The number of amides is 2. The molecule has 39 heavy (non-hydrogen) atoms. The van der Waals surface area contributed by atoms with Gasteiger partial charge in [0.05, 0.1) is 37.6 Å². The Kier molecular flexibility index (Phi) is 7.47. The predicted molar refractivity (Wildman–Crippen MR) is 148 cm³/mol. The molecule has 2 heterocycles. The van der Waals surface area contributed by atoms with E-state index in [-0.39, 0.29) is 36.5 Å². The van der Waals surface area contributed by atoms with Gasteiger partial charge in [0, 0.05) is 10.6 Å². The Balaban J connectivity index is 1.65. The van der Waals surface area contributed by atoms with Crippen LogP contribution in [0, 0.1) is 5.82 Å². The van der Waals surface area contributed by atoms with E-state index in [9.17, 15) is 14.0 Å². The van der Waals surface area contributed by atoms with Gasteiger partial charge in [-0.3, -0.25) is 9.69 Å². The summed E-state index contributed by atoms with van der Waals surface area (Å²) in [4.78, 5) is 27.8. The zero-order valence-electron chi connectivity index (χ0n) is 21.4. The van der Waals surface area contributed by atoms with Crippen molar-refractivity contribution in [1.82, 2.24) is 20.0 Å². The molecule has 9 heteroatoms. The number of aromatic nitrogens is 2. The third-order valence-electron chi connectivity index (χ3n) is 6.58. The highest BCUT2D eigenvalue weighted by molar-refractivity contribution is 6.30. The molecule has 0 saturated heterocycles. The second-order valence-electron chi connectivity index (χ2n) is 9.22. The van der Waals surface area contributed by atoms with Crippen molar-refractivity contribution in [2.24, 2.45) is 0 Å². The fourth-order valence-corrected chi connectivity index (χ4v) is 4.76. The first-order valence-corrected chi connectivity index (χ1v) is 12.7. The van der Waals surface area contributed by atoms with Crippen LogP contribution in [0.25, 0.3) is 17.3 Å². The summed E-state index contributed by atoms with van der Waals surface area (Å²) in [5, 5.41) is 8.34. The summed E-state index contributed by atoms with van der Waals surface area (Å²) in [5.74, 6) is -0.724. The van der Waals surface area contributed by atoms with Crippen LogP contribution in [0.4, 0.5) is 9.18 Å². The molecule has 1 N–H and O–H groups in total. The van der Waals surface area contributed by atoms with E-state index in [0.717, 1.165) is 11.1 Å². The Morgan fingerprint density at radius 1 is 1.03 bits per heavy atom. The van der Waals surface area contributed by atoms with Crippen molar-refractivity contribution in [3.8, 4) is 5.69 Å². The average molecular weight is 545 g/mol. The van der Waals surface area contributed by atoms with Crippen molar-refractivity contribution in [1.29, 1.82) is 0 Å². The number of methoxy groups -OCH3 is 1. The maximum Gasteiger partial charge on any atom is 0.410 e. The second-order valence-corrected chi connectivity index (χ2v) is 9.65. The van der Waals surface area contributed by atoms with Crippen LogP contribution in [0.15, 0.2) is 78.9 Å². The van der Waals surface area contributed by atoms with E-state index >= 15 is 0 Å². The van der Waals surface area contributed by atoms with E-state index in [1.54, 1.807) is 28.9 Å². The number of carbonyl (C=O) groups excluding carboxylic acids is 2. The lowest BCUT2D eigenvalue weighted by molar-refractivity contribution is 0.0930. The summed E-state index contributed by atoms with van der Waals surface area (Å²) in [5.41, 5.74) is 4.54. The lowest BCUT2D eigenvalue weighted by Crippen LogP contribution is -2.36. The molecule has 198 valence electrons. The molecule has 1 aliphatic rings. The van der Waals surface area contributed by atoms with E-state index < -0.39 is 6.09 Å². The summed E-state index contributed by atoms with van der Waals surface area (Å²) < 4.78 is 20.3. The lowest BCUT2D eigenvalue weighted by Gasteiger charge is -2.29. The lowest BCUT2D eigenvalue weighted by atomic mass is 9.97. The summed E-state index contributed by atoms with van der Waals surface area (Å²) >= 11 is 6.14. The quantitative estimate of drug-likeness (QED) is 0.321. The van der Waals surface area contributed by atoms with Crippen LogP contribution in [0.1, 0.15) is 45.8 Å². The Morgan fingerprint density at radius 3 is 2.38 bits per heavy atom. The Labute approximate surface area is 230 Å². The zero-order chi connectivity index (χ0) is 27.5. The molecular weight excluding hydrogens is 519 g/mol. The van der Waals surface area contributed by atoms with Gasteiger partial charge in [0.1, 0.15) is 5.82 Å². The minimum atomic E-state index is -0.533. The molecular formula is C30H26ClFN4O3. The summed E-state index contributed by atoms with van der Waals surface area (Å²) in [6.07, 6.45) is 1.32. The van der Waals surface area contributed by atoms with Crippen LogP contribution in [-0.2, 0) is 11.3 Å². The van der Waals surface area contributed by atoms with E-state index in [1.807, 2.05) is 55.5 Å². The normalized spacial score (nSPS) is 14.6. The standard InChI is InChI=1S/C30H26ClFN4O3/c1-19(21-6-4-3-5-7-21)33-29(37)27-26-18-35(30(38)39-2)17-22(16-20-8-12-24(32)13-9-20)28(26)36(34-27)25-14-10-23(31)11-15-25/h3-16,19H,17-18H2,1-2H3,(H,33,37)/b22-16+. The molecule has 1 unspecified atom stereocenters. The molecule has 0 fully saturated rings. The van der Waals surface area contributed by atoms with Crippen molar-refractivity contribution in [3.05, 3.63) is 118 Å². The topological polar surface area (TPSA) is 76.5 Å². The number of hydrogen-bond acceptors (Lipinski definition) is 4. The van der Waals surface area contributed by atoms with Gasteiger partial charge in [-0.05, 0) is 66.1 Å². The first kappa shape index (κ1) is 26.2. The summed E-state index contributed by atoms with van der Waals surface area (Å²) in [6, 6.07) is 22.5. The van der Waals surface area contributed by atoms with Crippen molar-refractivity contribution >= 4 is 35.3 Å². The number of nitrogens with zero attached hydrogens (tertiary/aromatic N) is 3. The number of hydrogen-bond donors (Lipinski definition) is 1. The van der Waals surface area contributed by atoms with Crippen molar-refractivity contribution < 1.29 is 18.7 Å². The highest BCUT2D eigenvalue weighted by atomic mass is 35.5. The smallest absolute Gasteiger partial charge is 0.410 e. The first-order valence-electron chi connectivity index (χ1n) is 12.4. The molecule has 4 aromatic rings. The highest BCUT2D eigenvalue weighted by Crippen LogP contribution is 2.34. The van der Waals surface area contributed by atoms with E-state index in [4.69, 9.17) is 21.4 Å². The molecule has 0 saturated carbocycles. The van der Waals surface area contributed by atoms with Gasteiger partial charge in [-0.2, -0.15) is 5.10 Å². The van der Waals surface area contributed by atoms with Gasteiger partial charge in [0.25, 0.3) is 5.91 Å². The number of carbonyl (C=O) groups is 2. The molecule has 7 nitrogen and oxygen atoms in total. The van der Waals surface area contributed by atoms with Gasteiger partial charge in [0.15, 0.2) is 5.69 Å². The Hall–Kier alpha value is -4.43. The van der Waals surface area contributed by atoms with Gasteiger partial charge in [-0.1, -0.05) is 54.1 Å². The number of ether oxygens (including phenoxy) is 1. The molecule has 1 aliphatic heterocycles. The van der Waals surface area contributed by atoms with Crippen LogP contribution in [0.2, 0.25) is 5.02 Å².